The van der Waals surface area contributed by atoms with Gasteiger partial charge in [0, 0.05) is 19.6 Å². The molecule has 0 aromatic heterocycles. The minimum Gasteiger partial charge on any atom is -0.299 e. The maximum Gasteiger partial charge on any atom is 0.238 e. The highest BCUT2D eigenvalue weighted by Gasteiger charge is 2.10. The van der Waals surface area contributed by atoms with E-state index in [2.05, 4.69) is 50.2 Å². The van der Waals surface area contributed by atoms with Crippen LogP contribution in [0.5, 0.6) is 0 Å². The van der Waals surface area contributed by atoms with E-state index in [0.29, 0.717) is 18.3 Å². The van der Waals surface area contributed by atoms with Crippen LogP contribution in [0.25, 0.3) is 0 Å². The van der Waals surface area contributed by atoms with Gasteiger partial charge in [0.05, 0.1) is 6.42 Å². The van der Waals surface area contributed by atoms with Crippen LogP contribution >= 0.6 is 0 Å². The highest BCUT2D eigenvalue weighted by molar-refractivity contribution is 5.77. The minimum absolute atomic E-state index is 0.163. The monoisotopic (exact) mass is 291 g/mol. The molecule has 0 saturated heterocycles. The van der Waals surface area contributed by atoms with Crippen molar-refractivity contribution in [3.8, 4) is 0 Å². The Labute approximate surface area is 128 Å². The standard InChI is InChI=1S/C17H29N3O/c1-13(2)10-20(11-14(3)4)12-16-7-5-15(6-8-16)9-17(21)19-18/h5-8,13-14H,9-12,18H2,1-4H3,(H,19,21). The number of hydrogen-bond donors (Lipinski definition) is 2. The Hall–Kier alpha value is -1.39. The second kappa shape index (κ2) is 8.80. The molecule has 0 bridgehead atoms. The van der Waals surface area contributed by atoms with E-state index in [4.69, 9.17) is 5.84 Å². The van der Waals surface area contributed by atoms with Crippen molar-refractivity contribution in [3.63, 3.8) is 0 Å². The molecule has 0 heterocycles. The van der Waals surface area contributed by atoms with Crippen molar-refractivity contribution >= 4 is 5.91 Å². The lowest BCUT2D eigenvalue weighted by Crippen LogP contribution is -2.31. The predicted octanol–water partition coefficient (Wildman–Crippen LogP) is 2.33. The quantitative estimate of drug-likeness (QED) is 0.439. The fraction of sp³-hybridized carbons (Fsp3) is 0.588. The molecule has 0 fully saturated rings. The van der Waals surface area contributed by atoms with Gasteiger partial charge in [0.2, 0.25) is 5.91 Å². The van der Waals surface area contributed by atoms with Crippen LogP contribution in [-0.4, -0.2) is 23.9 Å². The molecule has 1 amide bonds. The van der Waals surface area contributed by atoms with Gasteiger partial charge in [0.1, 0.15) is 0 Å². The molecule has 3 N–H and O–H groups in total. The molecule has 118 valence electrons. The number of nitrogens with zero attached hydrogens (tertiary/aromatic N) is 1. The molecule has 0 radical (unpaired) electrons. The SMILES string of the molecule is CC(C)CN(Cc1ccc(CC(=O)NN)cc1)CC(C)C. The lowest BCUT2D eigenvalue weighted by atomic mass is 10.1. The summed E-state index contributed by atoms with van der Waals surface area (Å²) in [6.07, 6.45) is 0.332. The van der Waals surface area contributed by atoms with Gasteiger partial charge in [-0.05, 0) is 23.0 Å². The molecule has 4 heteroatoms. The number of benzene rings is 1. The van der Waals surface area contributed by atoms with Crippen molar-refractivity contribution in [2.75, 3.05) is 13.1 Å². The van der Waals surface area contributed by atoms with Gasteiger partial charge in [0.25, 0.3) is 0 Å². The Bertz CT molecular complexity index is 416. The maximum atomic E-state index is 11.2. The molecule has 1 aromatic carbocycles. The molecule has 1 aromatic rings. The van der Waals surface area contributed by atoms with Crippen LogP contribution in [0.2, 0.25) is 0 Å². The van der Waals surface area contributed by atoms with Gasteiger partial charge in [-0.15, -0.1) is 0 Å². The molecule has 0 aliphatic carbocycles. The van der Waals surface area contributed by atoms with Gasteiger partial charge in [-0.1, -0.05) is 52.0 Å². The molecule has 0 spiro atoms. The summed E-state index contributed by atoms with van der Waals surface area (Å²) in [5.41, 5.74) is 4.43. The van der Waals surface area contributed by atoms with E-state index in [9.17, 15) is 4.79 Å². The van der Waals surface area contributed by atoms with Gasteiger partial charge < -0.3 is 0 Å². The summed E-state index contributed by atoms with van der Waals surface area (Å²) in [4.78, 5) is 13.7. The number of carbonyl (C=O) groups is 1. The summed E-state index contributed by atoms with van der Waals surface area (Å²) in [6, 6.07) is 8.22. The van der Waals surface area contributed by atoms with E-state index < -0.39 is 0 Å². The summed E-state index contributed by atoms with van der Waals surface area (Å²) in [5, 5.41) is 0. The van der Waals surface area contributed by atoms with E-state index >= 15 is 0 Å². The number of hydrazine groups is 1. The fourth-order valence-corrected chi connectivity index (χ4v) is 2.49. The third kappa shape index (κ3) is 7.25. The zero-order valence-electron chi connectivity index (χ0n) is 13.7. The number of nitrogens with one attached hydrogen (secondary N) is 1. The minimum atomic E-state index is -0.163. The highest BCUT2D eigenvalue weighted by Crippen LogP contribution is 2.12. The molecule has 0 saturated carbocycles. The maximum absolute atomic E-state index is 11.2. The third-order valence-electron chi connectivity index (χ3n) is 3.20. The van der Waals surface area contributed by atoms with Crippen LogP contribution in [0.15, 0.2) is 24.3 Å². The topological polar surface area (TPSA) is 58.4 Å². The van der Waals surface area contributed by atoms with Crippen molar-refractivity contribution in [3.05, 3.63) is 35.4 Å². The summed E-state index contributed by atoms with van der Waals surface area (Å²) in [5.74, 6) is 6.27. The molecule has 0 aliphatic heterocycles. The Kier molecular flexibility index (Phi) is 7.40. The van der Waals surface area contributed by atoms with Crippen molar-refractivity contribution in [2.24, 2.45) is 17.7 Å². The second-order valence-electron chi connectivity index (χ2n) is 6.54. The first-order valence-corrected chi connectivity index (χ1v) is 7.70. The van der Waals surface area contributed by atoms with Crippen LogP contribution in [0, 0.1) is 11.8 Å². The Balaban J connectivity index is 2.64. The predicted molar refractivity (Wildman–Crippen MR) is 87.4 cm³/mol. The van der Waals surface area contributed by atoms with E-state index in [1.54, 1.807) is 0 Å². The first kappa shape index (κ1) is 17.7. The summed E-state index contributed by atoms with van der Waals surface area (Å²) >= 11 is 0. The van der Waals surface area contributed by atoms with Crippen molar-refractivity contribution < 1.29 is 4.79 Å². The van der Waals surface area contributed by atoms with Crippen LogP contribution < -0.4 is 11.3 Å². The molecular formula is C17H29N3O. The Morgan fingerprint density at radius 3 is 1.95 bits per heavy atom. The van der Waals surface area contributed by atoms with E-state index in [1.807, 2.05) is 12.1 Å². The lowest BCUT2D eigenvalue weighted by molar-refractivity contribution is -0.120. The van der Waals surface area contributed by atoms with Gasteiger partial charge in [-0.2, -0.15) is 0 Å². The highest BCUT2D eigenvalue weighted by atomic mass is 16.2. The van der Waals surface area contributed by atoms with Gasteiger partial charge in [0.15, 0.2) is 0 Å². The average Bonchev–Trinajstić information content (AvgIpc) is 2.39. The Morgan fingerprint density at radius 1 is 1.05 bits per heavy atom. The summed E-state index contributed by atoms with van der Waals surface area (Å²) in [7, 11) is 0. The summed E-state index contributed by atoms with van der Waals surface area (Å²) < 4.78 is 0. The Morgan fingerprint density at radius 2 is 1.52 bits per heavy atom. The molecule has 1 rings (SSSR count). The molecular weight excluding hydrogens is 262 g/mol. The molecule has 4 nitrogen and oxygen atoms in total. The van der Waals surface area contributed by atoms with Gasteiger partial charge >= 0.3 is 0 Å². The van der Waals surface area contributed by atoms with Gasteiger partial charge in [-0.25, -0.2) is 5.84 Å². The third-order valence-corrected chi connectivity index (χ3v) is 3.20. The fourth-order valence-electron chi connectivity index (χ4n) is 2.49. The average molecular weight is 291 g/mol. The zero-order valence-corrected chi connectivity index (χ0v) is 13.7. The largest absolute Gasteiger partial charge is 0.299 e. The van der Waals surface area contributed by atoms with Crippen molar-refractivity contribution in [1.29, 1.82) is 0 Å². The summed E-state index contributed by atoms with van der Waals surface area (Å²) in [6.45, 7) is 12.2. The normalized spacial score (nSPS) is 11.4. The van der Waals surface area contributed by atoms with E-state index in [1.165, 1.54) is 5.56 Å². The van der Waals surface area contributed by atoms with E-state index in [-0.39, 0.29) is 5.91 Å². The zero-order chi connectivity index (χ0) is 15.8. The number of hydrogen-bond acceptors (Lipinski definition) is 3. The lowest BCUT2D eigenvalue weighted by Gasteiger charge is -2.26. The first-order chi connectivity index (χ1) is 9.90. The molecule has 21 heavy (non-hydrogen) atoms. The van der Waals surface area contributed by atoms with Gasteiger partial charge in [-0.3, -0.25) is 15.1 Å². The van der Waals surface area contributed by atoms with Crippen molar-refractivity contribution in [2.45, 2.75) is 40.7 Å². The van der Waals surface area contributed by atoms with E-state index in [0.717, 1.165) is 25.2 Å². The van der Waals surface area contributed by atoms with Crippen LogP contribution in [-0.2, 0) is 17.8 Å². The molecule has 0 unspecified atom stereocenters. The van der Waals surface area contributed by atoms with Crippen LogP contribution in [0.4, 0.5) is 0 Å². The number of rotatable bonds is 8. The first-order valence-electron chi connectivity index (χ1n) is 7.70. The smallest absolute Gasteiger partial charge is 0.238 e. The number of nitrogens with two attached hydrogens (primary N) is 1. The second-order valence-corrected chi connectivity index (χ2v) is 6.54. The number of carbonyl (C=O) groups excluding carboxylic acids is 1. The van der Waals surface area contributed by atoms with Crippen LogP contribution in [0.3, 0.4) is 0 Å². The molecule has 0 aliphatic rings. The van der Waals surface area contributed by atoms with Crippen molar-refractivity contribution in [1.82, 2.24) is 10.3 Å². The number of amides is 1. The molecule has 0 atom stereocenters. The van der Waals surface area contributed by atoms with Crippen LogP contribution in [0.1, 0.15) is 38.8 Å².